The summed E-state index contributed by atoms with van der Waals surface area (Å²) in [6.07, 6.45) is 4.00. The fourth-order valence-electron chi connectivity index (χ4n) is 1.63. The van der Waals surface area contributed by atoms with Crippen molar-refractivity contribution in [1.82, 2.24) is 5.32 Å². The molecule has 0 fully saturated rings. The Balaban J connectivity index is 2.53. The summed E-state index contributed by atoms with van der Waals surface area (Å²) in [5.41, 5.74) is 1.72. The quantitative estimate of drug-likeness (QED) is 0.653. The maximum absolute atomic E-state index is 9.41. The number of nitrogens with one attached hydrogen (secondary N) is 1. The van der Waals surface area contributed by atoms with Gasteiger partial charge in [-0.15, -0.1) is 0 Å². The molecule has 1 rings (SSSR count). The molecular weight excluding hydrogens is 162 g/mol. The van der Waals surface area contributed by atoms with E-state index in [2.05, 4.69) is 26.1 Å². The summed E-state index contributed by atoms with van der Waals surface area (Å²) < 4.78 is 0. The zero-order chi connectivity index (χ0) is 9.90. The lowest BCUT2D eigenvalue weighted by Gasteiger charge is -2.27. The summed E-state index contributed by atoms with van der Waals surface area (Å²) in [5.74, 6) is 0. The first-order chi connectivity index (χ1) is 6.03. The number of hydrogen-bond acceptors (Lipinski definition) is 2. The molecule has 0 aliphatic carbocycles. The SMILES string of the molecule is CCC(C)(C)CC1=CC(O)CNC1. The molecule has 0 saturated carbocycles. The van der Waals surface area contributed by atoms with Crippen LogP contribution in [0, 0.1) is 5.41 Å². The molecule has 0 radical (unpaired) electrons. The van der Waals surface area contributed by atoms with Crippen molar-refractivity contribution in [2.24, 2.45) is 5.41 Å². The standard InChI is InChI=1S/C11H21NO/c1-4-11(2,3)6-9-5-10(13)8-12-7-9/h5,10,12-13H,4,6-8H2,1-3H3. The van der Waals surface area contributed by atoms with Crippen LogP contribution in [0.25, 0.3) is 0 Å². The molecule has 76 valence electrons. The van der Waals surface area contributed by atoms with Crippen molar-refractivity contribution >= 4 is 0 Å². The van der Waals surface area contributed by atoms with E-state index in [0.717, 1.165) is 13.0 Å². The normalized spacial score (nSPS) is 24.3. The summed E-state index contributed by atoms with van der Waals surface area (Å²) in [6.45, 7) is 8.41. The number of aliphatic hydroxyl groups is 1. The molecule has 2 nitrogen and oxygen atoms in total. The lowest BCUT2D eigenvalue weighted by atomic mass is 9.82. The first-order valence-corrected chi connectivity index (χ1v) is 5.12. The molecule has 1 heterocycles. The van der Waals surface area contributed by atoms with Gasteiger partial charge in [-0.1, -0.05) is 38.8 Å². The van der Waals surface area contributed by atoms with Crippen LogP contribution in [0.4, 0.5) is 0 Å². The van der Waals surface area contributed by atoms with E-state index in [1.54, 1.807) is 0 Å². The van der Waals surface area contributed by atoms with Crippen LogP contribution in [0.1, 0.15) is 33.6 Å². The molecule has 0 amide bonds. The van der Waals surface area contributed by atoms with E-state index < -0.39 is 0 Å². The van der Waals surface area contributed by atoms with Crippen LogP contribution in [0.5, 0.6) is 0 Å². The lowest BCUT2D eigenvalue weighted by molar-refractivity contribution is 0.209. The molecule has 1 aliphatic heterocycles. The first kappa shape index (κ1) is 10.7. The fraction of sp³-hybridized carbons (Fsp3) is 0.818. The third-order valence-corrected chi connectivity index (χ3v) is 2.80. The molecule has 1 atom stereocenters. The molecule has 1 unspecified atom stereocenters. The third kappa shape index (κ3) is 3.49. The van der Waals surface area contributed by atoms with Crippen LogP contribution in [-0.2, 0) is 0 Å². The Labute approximate surface area is 81.0 Å². The maximum Gasteiger partial charge on any atom is 0.0848 e. The van der Waals surface area contributed by atoms with Crippen LogP contribution in [-0.4, -0.2) is 24.3 Å². The second-order valence-corrected chi connectivity index (χ2v) is 4.72. The Morgan fingerprint density at radius 1 is 1.62 bits per heavy atom. The minimum absolute atomic E-state index is 0.281. The first-order valence-electron chi connectivity index (χ1n) is 5.12. The highest BCUT2D eigenvalue weighted by atomic mass is 16.3. The van der Waals surface area contributed by atoms with Gasteiger partial charge in [0.25, 0.3) is 0 Å². The Morgan fingerprint density at radius 2 is 2.31 bits per heavy atom. The zero-order valence-electron chi connectivity index (χ0n) is 8.93. The van der Waals surface area contributed by atoms with Crippen molar-refractivity contribution in [1.29, 1.82) is 0 Å². The van der Waals surface area contributed by atoms with Gasteiger partial charge >= 0.3 is 0 Å². The Kier molecular flexibility index (Phi) is 3.51. The van der Waals surface area contributed by atoms with Crippen LogP contribution in [0.2, 0.25) is 0 Å². The smallest absolute Gasteiger partial charge is 0.0848 e. The highest BCUT2D eigenvalue weighted by Gasteiger charge is 2.19. The molecule has 1 aliphatic rings. The largest absolute Gasteiger partial charge is 0.388 e. The van der Waals surface area contributed by atoms with Crippen LogP contribution in [0.3, 0.4) is 0 Å². The second-order valence-electron chi connectivity index (χ2n) is 4.72. The average molecular weight is 183 g/mol. The summed E-state index contributed by atoms with van der Waals surface area (Å²) in [7, 11) is 0. The van der Waals surface area contributed by atoms with Gasteiger partial charge in [0, 0.05) is 13.1 Å². The molecule has 0 bridgehead atoms. The predicted octanol–water partition coefficient (Wildman–Crippen LogP) is 1.70. The summed E-state index contributed by atoms with van der Waals surface area (Å²) in [4.78, 5) is 0. The van der Waals surface area contributed by atoms with Gasteiger partial charge in [-0.05, 0) is 11.8 Å². The predicted molar refractivity (Wildman–Crippen MR) is 55.6 cm³/mol. The van der Waals surface area contributed by atoms with E-state index in [9.17, 15) is 5.11 Å². The number of hydrogen-bond donors (Lipinski definition) is 2. The summed E-state index contributed by atoms with van der Waals surface area (Å²) >= 11 is 0. The molecule has 0 aromatic carbocycles. The molecule has 2 heteroatoms. The van der Waals surface area contributed by atoms with E-state index in [1.807, 2.05) is 6.08 Å². The van der Waals surface area contributed by atoms with E-state index >= 15 is 0 Å². The molecule has 0 saturated heterocycles. The third-order valence-electron chi connectivity index (χ3n) is 2.80. The van der Waals surface area contributed by atoms with Crippen LogP contribution < -0.4 is 5.32 Å². The van der Waals surface area contributed by atoms with Gasteiger partial charge in [0.1, 0.15) is 0 Å². The second kappa shape index (κ2) is 4.25. The minimum Gasteiger partial charge on any atom is -0.388 e. The van der Waals surface area contributed by atoms with E-state index in [0.29, 0.717) is 12.0 Å². The monoisotopic (exact) mass is 183 g/mol. The van der Waals surface area contributed by atoms with Gasteiger partial charge in [0.05, 0.1) is 6.10 Å². The molecule has 0 aromatic heterocycles. The highest BCUT2D eigenvalue weighted by Crippen LogP contribution is 2.29. The molecule has 2 N–H and O–H groups in total. The number of β-amino-alcohol motifs (C(OH)–C–C–N with tert-alkyl or cyclic N) is 1. The molecule has 0 aromatic rings. The molecule has 13 heavy (non-hydrogen) atoms. The van der Waals surface area contributed by atoms with Crippen LogP contribution in [0.15, 0.2) is 11.6 Å². The average Bonchev–Trinajstić information content (AvgIpc) is 2.03. The fourth-order valence-corrected chi connectivity index (χ4v) is 1.63. The van der Waals surface area contributed by atoms with Crippen molar-refractivity contribution in [3.05, 3.63) is 11.6 Å². The zero-order valence-corrected chi connectivity index (χ0v) is 8.93. The Morgan fingerprint density at radius 3 is 2.85 bits per heavy atom. The van der Waals surface area contributed by atoms with Crippen LogP contribution >= 0.6 is 0 Å². The van der Waals surface area contributed by atoms with Gasteiger partial charge in [0.2, 0.25) is 0 Å². The van der Waals surface area contributed by atoms with Crippen molar-refractivity contribution in [2.45, 2.75) is 39.7 Å². The lowest BCUT2D eigenvalue weighted by Crippen LogP contribution is -2.33. The van der Waals surface area contributed by atoms with Crippen molar-refractivity contribution < 1.29 is 5.11 Å². The topological polar surface area (TPSA) is 32.3 Å². The Hall–Kier alpha value is -0.340. The van der Waals surface area contributed by atoms with Crippen molar-refractivity contribution in [3.63, 3.8) is 0 Å². The molecular formula is C11H21NO. The van der Waals surface area contributed by atoms with Gasteiger partial charge in [0.15, 0.2) is 0 Å². The number of aliphatic hydroxyl groups excluding tert-OH is 1. The molecule has 0 spiro atoms. The van der Waals surface area contributed by atoms with Gasteiger partial charge in [-0.3, -0.25) is 0 Å². The summed E-state index contributed by atoms with van der Waals surface area (Å²) in [6, 6.07) is 0. The Bertz CT molecular complexity index is 196. The summed E-state index contributed by atoms with van der Waals surface area (Å²) in [5, 5.41) is 12.6. The van der Waals surface area contributed by atoms with Crippen molar-refractivity contribution in [3.8, 4) is 0 Å². The van der Waals surface area contributed by atoms with Crippen molar-refractivity contribution in [2.75, 3.05) is 13.1 Å². The minimum atomic E-state index is -0.281. The number of rotatable bonds is 3. The van der Waals surface area contributed by atoms with E-state index in [4.69, 9.17) is 0 Å². The van der Waals surface area contributed by atoms with E-state index in [1.165, 1.54) is 12.0 Å². The van der Waals surface area contributed by atoms with E-state index in [-0.39, 0.29) is 6.10 Å². The maximum atomic E-state index is 9.41. The van der Waals surface area contributed by atoms with Gasteiger partial charge in [-0.25, -0.2) is 0 Å². The van der Waals surface area contributed by atoms with Gasteiger partial charge in [-0.2, -0.15) is 0 Å². The highest BCUT2D eigenvalue weighted by molar-refractivity contribution is 5.12. The van der Waals surface area contributed by atoms with Gasteiger partial charge < -0.3 is 10.4 Å².